The van der Waals surface area contributed by atoms with E-state index in [1.807, 2.05) is 52.2 Å². The van der Waals surface area contributed by atoms with Gasteiger partial charge in [0.25, 0.3) is 0 Å². The maximum absolute atomic E-state index is 12.7. The van der Waals surface area contributed by atoms with E-state index in [1.54, 1.807) is 6.20 Å². The van der Waals surface area contributed by atoms with Gasteiger partial charge in [0.05, 0.1) is 6.54 Å². The third kappa shape index (κ3) is 3.61. The van der Waals surface area contributed by atoms with E-state index in [1.165, 1.54) is 5.56 Å². The van der Waals surface area contributed by atoms with Gasteiger partial charge in [-0.25, -0.2) is 4.79 Å². The van der Waals surface area contributed by atoms with Crippen molar-refractivity contribution in [3.8, 4) is 0 Å². The van der Waals surface area contributed by atoms with Crippen molar-refractivity contribution >= 4 is 11.7 Å². The van der Waals surface area contributed by atoms with Crippen LogP contribution >= 0.6 is 0 Å². The first kappa shape index (κ1) is 16.4. The molecule has 2 heterocycles. The number of urea groups is 1. The summed E-state index contributed by atoms with van der Waals surface area (Å²) in [5, 5.41) is 7.33. The van der Waals surface area contributed by atoms with Crippen molar-refractivity contribution in [3.05, 3.63) is 84.2 Å². The molecule has 1 aliphatic rings. The molecule has 0 bridgehead atoms. The van der Waals surface area contributed by atoms with Crippen LogP contribution in [0.2, 0.25) is 0 Å². The van der Waals surface area contributed by atoms with Gasteiger partial charge in [-0.05, 0) is 29.7 Å². The van der Waals surface area contributed by atoms with Crippen LogP contribution in [0.4, 0.5) is 10.5 Å². The molecule has 26 heavy (non-hydrogen) atoms. The van der Waals surface area contributed by atoms with Crippen molar-refractivity contribution in [3.63, 3.8) is 0 Å². The van der Waals surface area contributed by atoms with Gasteiger partial charge in [-0.3, -0.25) is 4.68 Å². The van der Waals surface area contributed by atoms with Crippen molar-refractivity contribution in [1.29, 1.82) is 0 Å². The Morgan fingerprint density at radius 2 is 1.88 bits per heavy atom. The SMILES string of the molecule is O=C(Nc1ccccc1Cn1cccn1)N1CCC(c2ccccc2)C1. The molecule has 0 aliphatic carbocycles. The Morgan fingerprint density at radius 1 is 1.08 bits per heavy atom. The lowest BCUT2D eigenvalue weighted by atomic mass is 9.99. The van der Waals surface area contributed by atoms with Gasteiger partial charge in [-0.15, -0.1) is 0 Å². The normalized spacial score (nSPS) is 16.6. The molecule has 132 valence electrons. The van der Waals surface area contributed by atoms with Crippen LogP contribution in [0.25, 0.3) is 0 Å². The summed E-state index contributed by atoms with van der Waals surface area (Å²) >= 11 is 0. The maximum atomic E-state index is 12.7. The zero-order valence-corrected chi connectivity index (χ0v) is 14.6. The lowest BCUT2D eigenvalue weighted by Gasteiger charge is -2.19. The first-order valence-corrected chi connectivity index (χ1v) is 8.96. The molecule has 1 N–H and O–H groups in total. The zero-order chi connectivity index (χ0) is 17.8. The number of carbonyl (C=O) groups excluding carboxylic acids is 1. The number of rotatable bonds is 4. The molecule has 1 aromatic heterocycles. The quantitative estimate of drug-likeness (QED) is 0.777. The number of likely N-dealkylation sites (tertiary alicyclic amines) is 1. The van der Waals surface area contributed by atoms with Crippen LogP contribution in [-0.4, -0.2) is 33.8 Å². The van der Waals surface area contributed by atoms with E-state index >= 15 is 0 Å². The molecule has 1 fully saturated rings. The molecule has 0 saturated carbocycles. The summed E-state index contributed by atoms with van der Waals surface area (Å²) < 4.78 is 1.85. The minimum Gasteiger partial charge on any atom is -0.324 e. The van der Waals surface area contributed by atoms with Gasteiger partial charge in [-0.2, -0.15) is 5.10 Å². The van der Waals surface area contributed by atoms with Crippen LogP contribution in [0.3, 0.4) is 0 Å². The predicted molar refractivity (Wildman–Crippen MR) is 102 cm³/mol. The maximum Gasteiger partial charge on any atom is 0.321 e. The molecule has 1 atom stereocenters. The Hall–Kier alpha value is -3.08. The second-order valence-corrected chi connectivity index (χ2v) is 6.63. The fourth-order valence-electron chi connectivity index (χ4n) is 3.48. The molecule has 2 aromatic carbocycles. The molecule has 0 radical (unpaired) electrons. The molecule has 4 rings (SSSR count). The van der Waals surface area contributed by atoms with Gasteiger partial charge < -0.3 is 10.2 Å². The number of hydrogen-bond donors (Lipinski definition) is 1. The molecular formula is C21H22N4O. The van der Waals surface area contributed by atoms with Crippen molar-refractivity contribution in [2.45, 2.75) is 18.9 Å². The molecule has 0 spiro atoms. The van der Waals surface area contributed by atoms with Crippen LogP contribution < -0.4 is 5.32 Å². The lowest BCUT2D eigenvalue weighted by Crippen LogP contribution is -2.33. The Balaban J connectivity index is 1.43. The number of amides is 2. The van der Waals surface area contributed by atoms with E-state index in [0.29, 0.717) is 12.5 Å². The van der Waals surface area contributed by atoms with E-state index in [4.69, 9.17) is 0 Å². The highest BCUT2D eigenvalue weighted by Gasteiger charge is 2.27. The highest BCUT2D eigenvalue weighted by molar-refractivity contribution is 5.90. The molecule has 1 aliphatic heterocycles. The second kappa shape index (κ2) is 7.44. The van der Waals surface area contributed by atoms with E-state index in [-0.39, 0.29) is 6.03 Å². The van der Waals surface area contributed by atoms with Gasteiger partial charge in [-0.1, -0.05) is 48.5 Å². The summed E-state index contributed by atoms with van der Waals surface area (Å²) in [6, 6.07) is 20.2. The number of aromatic nitrogens is 2. The number of benzene rings is 2. The highest BCUT2D eigenvalue weighted by atomic mass is 16.2. The topological polar surface area (TPSA) is 50.2 Å². The lowest BCUT2D eigenvalue weighted by molar-refractivity contribution is 0.222. The van der Waals surface area contributed by atoms with Gasteiger partial charge in [0.1, 0.15) is 0 Å². The number of carbonyl (C=O) groups is 1. The van der Waals surface area contributed by atoms with Crippen LogP contribution in [0.5, 0.6) is 0 Å². The highest BCUT2D eigenvalue weighted by Crippen LogP contribution is 2.27. The van der Waals surface area contributed by atoms with Crippen LogP contribution in [0.1, 0.15) is 23.5 Å². The summed E-state index contributed by atoms with van der Waals surface area (Å²) in [6.45, 7) is 2.18. The summed E-state index contributed by atoms with van der Waals surface area (Å²) in [7, 11) is 0. The smallest absolute Gasteiger partial charge is 0.321 e. The monoisotopic (exact) mass is 346 g/mol. The summed E-state index contributed by atoms with van der Waals surface area (Å²) in [4.78, 5) is 14.6. The van der Waals surface area contributed by atoms with E-state index in [0.717, 1.165) is 30.8 Å². The van der Waals surface area contributed by atoms with Gasteiger partial charge in [0.15, 0.2) is 0 Å². The van der Waals surface area contributed by atoms with Crippen LogP contribution in [-0.2, 0) is 6.54 Å². The van der Waals surface area contributed by atoms with Gasteiger partial charge in [0.2, 0.25) is 0 Å². The summed E-state index contributed by atoms with van der Waals surface area (Å²) in [5.41, 5.74) is 3.20. The van der Waals surface area contributed by atoms with Gasteiger partial charge in [0, 0.05) is 37.1 Å². The Morgan fingerprint density at radius 3 is 2.69 bits per heavy atom. The third-order valence-corrected chi connectivity index (χ3v) is 4.90. The first-order valence-electron chi connectivity index (χ1n) is 8.96. The van der Waals surface area contributed by atoms with E-state index in [2.05, 4.69) is 34.7 Å². The average Bonchev–Trinajstić information content (AvgIpc) is 3.36. The van der Waals surface area contributed by atoms with Crippen LogP contribution in [0.15, 0.2) is 73.1 Å². The number of para-hydroxylation sites is 1. The number of nitrogens with zero attached hydrogens (tertiary/aromatic N) is 3. The zero-order valence-electron chi connectivity index (χ0n) is 14.6. The first-order chi connectivity index (χ1) is 12.8. The minimum atomic E-state index is -0.0312. The van der Waals surface area contributed by atoms with Crippen molar-refractivity contribution < 1.29 is 4.79 Å². The molecule has 1 saturated heterocycles. The summed E-state index contributed by atoms with van der Waals surface area (Å²) in [6.07, 6.45) is 4.69. The number of hydrogen-bond acceptors (Lipinski definition) is 2. The Kier molecular flexibility index (Phi) is 4.69. The fourth-order valence-corrected chi connectivity index (χ4v) is 3.48. The predicted octanol–water partition coefficient (Wildman–Crippen LogP) is 3.95. The average molecular weight is 346 g/mol. The number of nitrogens with one attached hydrogen (secondary N) is 1. The summed E-state index contributed by atoms with van der Waals surface area (Å²) in [5.74, 6) is 0.418. The Bertz CT molecular complexity index is 861. The minimum absolute atomic E-state index is 0.0312. The molecule has 2 amide bonds. The third-order valence-electron chi connectivity index (χ3n) is 4.90. The molecule has 5 nitrogen and oxygen atoms in total. The second-order valence-electron chi connectivity index (χ2n) is 6.63. The molecule has 5 heteroatoms. The van der Waals surface area contributed by atoms with Crippen molar-refractivity contribution in [1.82, 2.24) is 14.7 Å². The molecular weight excluding hydrogens is 324 g/mol. The fraction of sp³-hybridized carbons (Fsp3) is 0.238. The number of anilines is 1. The van der Waals surface area contributed by atoms with Crippen molar-refractivity contribution in [2.24, 2.45) is 0 Å². The van der Waals surface area contributed by atoms with Gasteiger partial charge >= 0.3 is 6.03 Å². The molecule has 1 unspecified atom stereocenters. The molecule has 3 aromatic rings. The van der Waals surface area contributed by atoms with E-state index < -0.39 is 0 Å². The van der Waals surface area contributed by atoms with Crippen molar-refractivity contribution in [2.75, 3.05) is 18.4 Å². The Labute approximate surface area is 153 Å². The largest absolute Gasteiger partial charge is 0.324 e. The van der Waals surface area contributed by atoms with Crippen LogP contribution in [0, 0.1) is 0 Å². The van der Waals surface area contributed by atoms with E-state index in [9.17, 15) is 4.79 Å². The standard InChI is InChI=1S/C21H22N4O/c26-21(24-14-11-18(15-24)17-7-2-1-3-8-17)23-20-10-5-4-9-19(20)16-25-13-6-12-22-25/h1-10,12-13,18H,11,14-16H2,(H,23,26).